The van der Waals surface area contributed by atoms with Gasteiger partial charge < -0.3 is 10.6 Å². The summed E-state index contributed by atoms with van der Waals surface area (Å²) in [7, 11) is 0. The van der Waals surface area contributed by atoms with Crippen LogP contribution in [0.5, 0.6) is 0 Å². The van der Waals surface area contributed by atoms with Crippen molar-refractivity contribution < 1.29 is 4.79 Å². The van der Waals surface area contributed by atoms with Crippen LogP contribution in [0.1, 0.15) is 36.7 Å². The molecule has 1 aromatic heterocycles. The Balaban J connectivity index is 2.00. The first kappa shape index (κ1) is 15.5. The molecule has 0 bridgehead atoms. The highest BCUT2D eigenvalue weighted by molar-refractivity contribution is 5.92. The van der Waals surface area contributed by atoms with Gasteiger partial charge in [-0.1, -0.05) is 37.3 Å². The maximum atomic E-state index is 11.7. The summed E-state index contributed by atoms with van der Waals surface area (Å²) in [6.07, 6.45) is 3.54. The Hall–Kier alpha value is -2.43. The number of aromatic nitrogens is 2. The van der Waals surface area contributed by atoms with Crippen LogP contribution in [0.3, 0.4) is 0 Å². The molecule has 1 aromatic carbocycles. The number of rotatable bonds is 7. The van der Waals surface area contributed by atoms with Crippen molar-refractivity contribution in [3.63, 3.8) is 0 Å². The first-order valence-corrected chi connectivity index (χ1v) is 8.16. The number of nitrogens with two attached hydrogens (primary N) is 1. The normalized spacial score (nSPS) is 13.8. The zero-order valence-corrected chi connectivity index (χ0v) is 13.4. The number of carbonyl (C=O) groups excluding carboxylic acids is 1. The van der Waals surface area contributed by atoms with E-state index >= 15 is 0 Å². The maximum absolute atomic E-state index is 11.7. The monoisotopic (exact) mass is 310 g/mol. The molecule has 2 aromatic rings. The molecule has 2 N–H and O–H groups in total. The summed E-state index contributed by atoms with van der Waals surface area (Å²) in [4.78, 5) is 22.9. The Morgan fingerprint density at radius 2 is 2.00 bits per heavy atom. The minimum atomic E-state index is -0.520. The summed E-state index contributed by atoms with van der Waals surface area (Å²) in [5.74, 6) is 0.810. The van der Waals surface area contributed by atoms with Crippen LogP contribution >= 0.6 is 0 Å². The van der Waals surface area contributed by atoms with E-state index < -0.39 is 5.91 Å². The molecule has 0 atom stereocenters. The van der Waals surface area contributed by atoms with Crippen molar-refractivity contribution in [2.75, 3.05) is 18.0 Å². The maximum Gasteiger partial charge on any atom is 0.267 e. The molecule has 0 unspecified atom stereocenters. The van der Waals surface area contributed by atoms with E-state index in [9.17, 15) is 4.79 Å². The quantitative estimate of drug-likeness (QED) is 0.853. The van der Waals surface area contributed by atoms with Crippen LogP contribution < -0.4 is 10.6 Å². The average Bonchev–Trinajstić information content (AvgIpc) is 3.39. The molecule has 0 radical (unpaired) electrons. The second-order valence-corrected chi connectivity index (χ2v) is 6.06. The minimum absolute atomic E-state index is 0.269. The molecule has 1 aliphatic carbocycles. The van der Waals surface area contributed by atoms with E-state index in [1.165, 1.54) is 12.8 Å². The lowest BCUT2D eigenvalue weighted by Crippen LogP contribution is -2.29. The Morgan fingerprint density at radius 3 is 2.61 bits per heavy atom. The second kappa shape index (κ2) is 6.77. The molecular formula is C18H22N4O. The first-order chi connectivity index (χ1) is 11.2. The van der Waals surface area contributed by atoms with Crippen LogP contribution in [0.4, 0.5) is 5.95 Å². The van der Waals surface area contributed by atoms with E-state index in [0.29, 0.717) is 5.95 Å². The molecular weight excluding hydrogens is 288 g/mol. The van der Waals surface area contributed by atoms with Gasteiger partial charge in [0.25, 0.3) is 5.91 Å². The number of carbonyl (C=O) groups is 1. The number of amides is 1. The minimum Gasteiger partial charge on any atom is -0.364 e. The van der Waals surface area contributed by atoms with Gasteiger partial charge in [-0.15, -0.1) is 0 Å². The predicted molar refractivity (Wildman–Crippen MR) is 91.2 cm³/mol. The predicted octanol–water partition coefficient (Wildman–Crippen LogP) is 2.87. The summed E-state index contributed by atoms with van der Waals surface area (Å²) in [5, 5.41) is 0. The number of anilines is 1. The third-order valence-corrected chi connectivity index (χ3v) is 3.99. The number of hydrogen-bond donors (Lipinski definition) is 1. The molecule has 5 nitrogen and oxygen atoms in total. The summed E-state index contributed by atoms with van der Waals surface area (Å²) in [5.41, 5.74) is 7.44. The van der Waals surface area contributed by atoms with Crippen LogP contribution in [0.15, 0.2) is 36.4 Å². The summed E-state index contributed by atoms with van der Waals surface area (Å²) in [6.45, 7) is 3.97. The Morgan fingerprint density at radius 1 is 1.26 bits per heavy atom. The van der Waals surface area contributed by atoms with Crippen molar-refractivity contribution in [1.29, 1.82) is 0 Å². The molecule has 23 heavy (non-hydrogen) atoms. The topological polar surface area (TPSA) is 72.1 Å². The fraction of sp³-hybridized carbons (Fsp3) is 0.389. The van der Waals surface area contributed by atoms with E-state index in [2.05, 4.69) is 16.8 Å². The van der Waals surface area contributed by atoms with E-state index in [4.69, 9.17) is 10.7 Å². The van der Waals surface area contributed by atoms with Crippen molar-refractivity contribution in [3.05, 3.63) is 42.1 Å². The van der Waals surface area contributed by atoms with Gasteiger partial charge in [0.05, 0.1) is 5.69 Å². The lowest BCUT2D eigenvalue weighted by molar-refractivity contribution is 0.0995. The number of nitrogens with zero attached hydrogens (tertiary/aromatic N) is 3. The number of hydrogen-bond acceptors (Lipinski definition) is 4. The van der Waals surface area contributed by atoms with Gasteiger partial charge in [-0.05, 0) is 31.2 Å². The van der Waals surface area contributed by atoms with Crippen molar-refractivity contribution in [2.24, 2.45) is 11.7 Å². The van der Waals surface area contributed by atoms with Crippen LogP contribution in [-0.2, 0) is 0 Å². The van der Waals surface area contributed by atoms with Gasteiger partial charge in [0.2, 0.25) is 5.95 Å². The van der Waals surface area contributed by atoms with Crippen LogP contribution in [-0.4, -0.2) is 29.0 Å². The lowest BCUT2D eigenvalue weighted by Gasteiger charge is -2.22. The Bertz CT molecular complexity index is 683. The summed E-state index contributed by atoms with van der Waals surface area (Å²) in [6, 6.07) is 11.5. The van der Waals surface area contributed by atoms with E-state index in [0.717, 1.165) is 36.7 Å². The van der Waals surface area contributed by atoms with Gasteiger partial charge >= 0.3 is 0 Å². The third kappa shape index (κ3) is 3.86. The zero-order valence-electron chi connectivity index (χ0n) is 13.4. The summed E-state index contributed by atoms with van der Waals surface area (Å²) >= 11 is 0. The highest BCUT2D eigenvalue weighted by Crippen LogP contribution is 2.31. The second-order valence-electron chi connectivity index (χ2n) is 6.06. The molecule has 0 saturated heterocycles. The van der Waals surface area contributed by atoms with Crippen molar-refractivity contribution >= 4 is 11.9 Å². The van der Waals surface area contributed by atoms with E-state index in [1.807, 2.05) is 30.3 Å². The van der Waals surface area contributed by atoms with Crippen LogP contribution in [0.2, 0.25) is 0 Å². The molecule has 1 heterocycles. The van der Waals surface area contributed by atoms with Crippen LogP contribution in [0.25, 0.3) is 11.3 Å². The first-order valence-electron chi connectivity index (χ1n) is 8.16. The van der Waals surface area contributed by atoms with Crippen molar-refractivity contribution in [1.82, 2.24) is 9.97 Å². The van der Waals surface area contributed by atoms with Gasteiger partial charge in [-0.3, -0.25) is 4.79 Å². The van der Waals surface area contributed by atoms with Gasteiger partial charge in [0.15, 0.2) is 0 Å². The standard InChI is InChI=1S/C18H22N4O/c1-2-10-22(12-13-8-9-13)18-20-15(11-16(21-18)17(19)23)14-6-4-3-5-7-14/h3-7,11,13H,2,8-10,12H2,1H3,(H2,19,23). The SMILES string of the molecule is CCCN(CC1CC1)c1nc(C(N)=O)cc(-c2ccccc2)n1. The van der Waals surface area contributed by atoms with E-state index in [-0.39, 0.29) is 5.69 Å². The molecule has 1 fully saturated rings. The highest BCUT2D eigenvalue weighted by atomic mass is 16.1. The molecule has 0 spiro atoms. The third-order valence-electron chi connectivity index (χ3n) is 3.99. The largest absolute Gasteiger partial charge is 0.364 e. The fourth-order valence-corrected chi connectivity index (χ4v) is 2.61. The molecule has 1 amide bonds. The molecule has 120 valence electrons. The molecule has 1 saturated carbocycles. The van der Waals surface area contributed by atoms with Gasteiger partial charge in [0, 0.05) is 18.7 Å². The van der Waals surface area contributed by atoms with Gasteiger partial charge in [0.1, 0.15) is 5.69 Å². The van der Waals surface area contributed by atoms with Crippen molar-refractivity contribution in [2.45, 2.75) is 26.2 Å². The van der Waals surface area contributed by atoms with Crippen molar-refractivity contribution in [3.8, 4) is 11.3 Å². The smallest absolute Gasteiger partial charge is 0.267 e. The molecule has 3 rings (SSSR count). The number of benzene rings is 1. The van der Waals surface area contributed by atoms with Gasteiger partial charge in [-0.25, -0.2) is 9.97 Å². The lowest BCUT2D eigenvalue weighted by atomic mass is 10.1. The van der Waals surface area contributed by atoms with E-state index in [1.54, 1.807) is 6.07 Å². The molecule has 5 heteroatoms. The molecule has 0 aliphatic heterocycles. The number of primary amides is 1. The van der Waals surface area contributed by atoms with Gasteiger partial charge in [-0.2, -0.15) is 0 Å². The summed E-state index contributed by atoms with van der Waals surface area (Å²) < 4.78 is 0. The van der Waals surface area contributed by atoms with Crippen LogP contribution in [0, 0.1) is 5.92 Å². The average molecular weight is 310 g/mol. The molecule has 1 aliphatic rings. The Kier molecular flexibility index (Phi) is 4.55. The zero-order chi connectivity index (χ0) is 16.2. The fourth-order valence-electron chi connectivity index (χ4n) is 2.61. The Labute approximate surface area is 136 Å². The highest BCUT2D eigenvalue weighted by Gasteiger charge is 2.26.